The standard InChI is InChI=1S/C32H32ClN3O4S/c1-19(31(39)40)36-30(38)23(16-26(37)27-13-14-28(41-27)32(2,3)4)15-20-5-7-22(8-6-20)29-34-17-24(18-35-29)21-9-11-25(33)12-10-21/h5-14,17-19,23H,15-16H2,1-4H3,(H,36,38)(H,39,40)/t19-,23-/m1/s1. The van der Waals surface area contributed by atoms with E-state index in [1.807, 2.05) is 54.6 Å². The predicted octanol–water partition coefficient (Wildman–Crippen LogP) is 6.84. The van der Waals surface area contributed by atoms with Crippen molar-refractivity contribution in [3.63, 3.8) is 0 Å². The lowest BCUT2D eigenvalue weighted by Gasteiger charge is -2.18. The number of halogens is 1. The average molecular weight is 590 g/mol. The van der Waals surface area contributed by atoms with Gasteiger partial charge in [-0.15, -0.1) is 11.3 Å². The van der Waals surface area contributed by atoms with Crippen LogP contribution in [0.3, 0.4) is 0 Å². The molecule has 0 unspecified atom stereocenters. The molecule has 0 aliphatic rings. The molecule has 41 heavy (non-hydrogen) atoms. The van der Waals surface area contributed by atoms with Crippen molar-refractivity contribution in [3.05, 3.63) is 93.4 Å². The minimum atomic E-state index is -1.14. The van der Waals surface area contributed by atoms with Gasteiger partial charge in [-0.1, -0.05) is 68.8 Å². The Hall–Kier alpha value is -3.88. The number of aliphatic carboxylic acids is 1. The molecular formula is C32H32ClN3O4S. The Morgan fingerprint density at radius 3 is 2.07 bits per heavy atom. The van der Waals surface area contributed by atoms with E-state index in [9.17, 15) is 19.5 Å². The Balaban J connectivity index is 1.50. The van der Waals surface area contributed by atoms with Crippen molar-refractivity contribution >= 4 is 40.6 Å². The molecular weight excluding hydrogens is 558 g/mol. The van der Waals surface area contributed by atoms with Gasteiger partial charge in [0.2, 0.25) is 5.91 Å². The normalized spacial score (nSPS) is 12.9. The highest BCUT2D eigenvalue weighted by Gasteiger charge is 2.27. The van der Waals surface area contributed by atoms with Crippen molar-refractivity contribution in [2.24, 2.45) is 5.92 Å². The molecule has 0 bridgehead atoms. The van der Waals surface area contributed by atoms with Crippen LogP contribution in [0.15, 0.2) is 73.1 Å². The molecule has 0 saturated carbocycles. The highest BCUT2D eigenvalue weighted by atomic mass is 35.5. The molecule has 4 rings (SSSR count). The van der Waals surface area contributed by atoms with Crippen molar-refractivity contribution in [2.75, 3.05) is 0 Å². The lowest BCUT2D eigenvalue weighted by molar-refractivity contribution is -0.141. The van der Waals surface area contributed by atoms with Gasteiger partial charge >= 0.3 is 5.97 Å². The van der Waals surface area contributed by atoms with Crippen LogP contribution in [0.1, 0.15) is 54.2 Å². The van der Waals surface area contributed by atoms with E-state index < -0.39 is 23.8 Å². The number of hydrogen-bond donors (Lipinski definition) is 2. The average Bonchev–Trinajstić information content (AvgIpc) is 3.45. The van der Waals surface area contributed by atoms with Gasteiger partial charge in [0.1, 0.15) is 6.04 Å². The molecule has 0 spiro atoms. The zero-order valence-corrected chi connectivity index (χ0v) is 24.9. The highest BCUT2D eigenvalue weighted by molar-refractivity contribution is 7.14. The van der Waals surface area contributed by atoms with Crippen LogP contribution in [0.25, 0.3) is 22.5 Å². The maximum absolute atomic E-state index is 13.2. The number of rotatable bonds is 10. The van der Waals surface area contributed by atoms with E-state index >= 15 is 0 Å². The fourth-order valence-electron chi connectivity index (χ4n) is 4.21. The van der Waals surface area contributed by atoms with Crippen LogP contribution in [0.2, 0.25) is 5.02 Å². The molecule has 212 valence electrons. The number of nitrogens with one attached hydrogen (secondary N) is 1. The molecule has 4 aromatic rings. The first-order chi connectivity index (χ1) is 19.4. The summed E-state index contributed by atoms with van der Waals surface area (Å²) in [5.41, 5.74) is 3.39. The van der Waals surface area contributed by atoms with Gasteiger partial charge < -0.3 is 10.4 Å². The predicted molar refractivity (Wildman–Crippen MR) is 162 cm³/mol. The van der Waals surface area contributed by atoms with Gasteiger partial charge in [0.05, 0.1) is 4.88 Å². The largest absolute Gasteiger partial charge is 0.480 e. The van der Waals surface area contributed by atoms with Crippen LogP contribution >= 0.6 is 22.9 Å². The van der Waals surface area contributed by atoms with Gasteiger partial charge in [-0.3, -0.25) is 14.4 Å². The Morgan fingerprint density at radius 2 is 1.51 bits per heavy atom. The Morgan fingerprint density at radius 1 is 0.902 bits per heavy atom. The van der Waals surface area contributed by atoms with Crippen LogP contribution in [-0.2, 0) is 21.4 Å². The number of carboxylic acids is 1. The molecule has 2 aromatic carbocycles. The molecule has 1 amide bonds. The number of ketones is 1. The van der Waals surface area contributed by atoms with E-state index in [-0.39, 0.29) is 24.0 Å². The summed E-state index contributed by atoms with van der Waals surface area (Å²) in [6.07, 6.45) is 3.76. The van der Waals surface area contributed by atoms with Crippen molar-refractivity contribution in [2.45, 2.75) is 52.0 Å². The lowest BCUT2D eigenvalue weighted by atomic mass is 9.92. The van der Waals surface area contributed by atoms with Gasteiger partial charge in [-0.05, 0) is 54.2 Å². The summed E-state index contributed by atoms with van der Waals surface area (Å²) in [5, 5.41) is 12.5. The summed E-state index contributed by atoms with van der Waals surface area (Å²) in [4.78, 5) is 48.3. The van der Waals surface area contributed by atoms with E-state index in [2.05, 4.69) is 36.1 Å². The second-order valence-electron chi connectivity index (χ2n) is 11.0. The Bertz CT molecular complexity index is 1530. The maximum atomic E-state index is 13.2. The lowest BCUT2D eigenvalue weighted by Crippen LogP contribution is -2.42. The smallest absolute Gasteiger partial charge is 0.325 e. The molecule has 0 aliphatic carbocycles. The second-order valence-corrected chi connectivity index (χ2v) is 12.5. The summed E-state index contributed by atoms with van der Waals surface area (Å²) in [7, 11) is 0. The number of Topliss-reactive ketones (excluding diaryl/α,β-unsaturated/α-hetero) is 1. The number of carbonyl (C=O) groups is 3. The van der Waals surface area contributed by atoms with Crippen LogP contribution < -0.4 is 5.32 Å². The minimum absolute atomic E-state index is 0.0285. The number of carboxylic acid groups (broad SMARTS) is 1. The van der Waals surface area contributed by atoms with Gasteiger partial charge in [-0.25, -0.2) is 9.97 Å². The van der Waals surface area contributed by atoms with E-state index in [1.165, 1.54) is 18.3 Å². The number of nitrogens with zero attached hydrogens (tertiary/aromatic N) is 2. The molecule has 2 atom stereocenters. The molecule has 0 aliphatic heterocycles. The topological polar surface area (TPSA) is 109 Å². The minimum Gasteiger partial charge on any atom is -0.480 e. The quantitative estimate of drug-likeness (QED) is 0.196. The number of benzene rings is 2. The molecule has 0 saturated heterocycles. The van der Waals surface area contributed by atoms with Crippen LogP contribution in [-0.4, -0.2) is 38.8 Å². The van der Waals surface area contributed by atoms with E-state index in [4.69, 9.17) is 11.6 Å². The monoisotopic (exact) mass is 589 g/mol. The summed E-state index contributed by atoms with van der Waals surface area (Å²) in [6.45, 7) is 7.65. The molecule has 0 fully saturated rings. The van der Waals surface area contributed by atoms with Crippen LogP contribution in [0, 0.1) is 5.92 Å². The molecule has 7 nitrogen and oxygen atoms in total. The zero-order chi connectivity index (χ0) is 29.7. The zero-order valence-electron chi connectivity index (χ0n) is 23.3. The number of amides is 1. The number of carbonyl (C=O) groups excluding carboxylic acids is 2. The highest BCUT2D eigenvalue weighted by Crippen LogP contribution is 2.31. The van der Waals surface area contributed by atoms with Crippen molar-refractivity contribution in [1.82, 2.24) is 15.3 Å². The van der Waals surface area contributed by atoms with Gasteiger partial charge in [0.25, 0.3) is 0 Å². The second kappa shape index (κ2) is 12.7. The summed E-state index contributed by atoms with van der Waals surface area (Å²) >= 11 is 7.41. The summed E-state index contributed by atoms with van der Waals surface area (Å²) in [6, 6.07) is 17.6. The fourth-order valence-corrected chi connectivity index (χ4v) is 5.35. The first kappa shape index (κ1) is 30.1. The third-order valence-corrected chi connectivity index (χ3v) is 8.48. The fraction of sp³-hybridized carbons (Fsp3) is 0.281. The SMILES string of the molecule is C[C@@H](NC(=O)[C@@H](CC(=O)c1ccc(C(C)(C)C)s1)Cc1ccc(-c2ncc(-c3ccc(Cl)cc3)cn2)cc1)C(=O)O. The molecule has 2 heterocycles. The Labute approximate surface area is 248 Å². The molecule has 9 heteroatoms. The third-order valence-electron chi connectivity index (χ3n) is 6.68. The van der Waals surface area contributed by atoms with E-state index in [1.54, 1.807) is 18.5 Å². The third kappa shape index (κ3) is 7.86. The first-order valence-corrected chi connectivity index (χ1v) is 14.4. The maximum Gasteiger partial charge on any atom is 0.325 e. The van der Waals surface area contributed by atoms with Crippen LogP contribution in [0.5, 0.6) is 0 Å². The van der Waals surface area contributed by atoms with Crippen molar-refractivity contribution in [1.29, 1.82) is 0 Å². The molecule has 0 radical (unpaired) electrons. The van der Waals surface area contributed by atoms with Crippen molar-refractivity contribution < 1.29 is 19.5 Å². The van der Waals surface area contributed by atoms with Gasteiger partial charge in [0, 0.05) is 45.8 Å². The number of hydrogen-bond acceptors (Lipinski definition) is 6. The molecule has 2 aromatic heterocycles. The number of aromatic nitrogens is 2. The first-order valence-electron chi connectivity index (χ1n) is 13.2. The van der Waals surface area contributed by atoms with Gasteiger partial charge in [-0.2, -0.15) is 0 Å². The summed E-state index contributed by atoms with van der Waals surface area (Å²) in [5.74, 6) is -1.92. The van der Waals surface area contributed by atoms with Crippen molar-refractivity contribution in [3.8, 4) is 22.5 Å². The number of thiophene rings is 1. The van der Waals surface area contributed by atoms with Gasteiger partial charge in [0.15, 0.2) is 11.6 Å². The van der Waals surface area contributed by atoms with Crippen LogP contribution in [0.4, 0.5) is 0 Å². The van der Waals surface area contributed by atoms with E-state index in [0.717, 1.165) is 27.1 Å². The van der Waals surface area contributed by atoms with E-state index in [0.29, 0.717) is 15.7 Å². The Kier molecular flexibility index (Phi) is 9.35. The summed E-state index contributed by atoms with van der Waals surface area (Å²) < 4.78 is 0. The molecule has 2 N–H and O–H groups in total.